The van der Waals surface area contributed by atoms with Crippen LogP contribution in [0.25, 0.3) is 16.7 Å². The van der Waals surface area contributed by atoms with Crippen molar-refractivity contribution in [2.45, 2.75) is 0 Å². The van der Waals surface area contributed by atoms with Gasteiger partial charge < -0.3 is 9.72 Å². The summed E-state index contributed by atoms with van der Waals surface area (Å²) in [7, 11) is 1.55. The fraction of sp³-hybridized carbons (Fsp3) is 0.0714. The summed E-state index contributed by atoms with van der Waals surface area (Å²) in [4.78, 5) is 2.75. The Morgan fingerprint density at radius 2 is 2.00 bits per heavy atom. The summed E-state index contributed by atoms with van der Waals surface area (Å²) in [5.41, 5.74) is 1.20. The first kappa shape index (κ1) is 12.8. The summed E-state index contributed by atoms with van der Waals surface area (Å²) >= 11 is 5.19. The topological polar surface area (TPSA) is 29.9 Å². The highest BCUT2D eigenvalue weighted by Crippen LogP contribution is 2.25. The molecule has 0 spiro atoms. The number of nitrogens with one attached hydrogen (secondary N) is 1. The number of methoxy groups -OCH3 is 1. The molecule has 0 amide bonds. The van der Waals surface area contributed by atoms with E-state index in [1.54, 1.807) is 35.9 Å². The van der Waals surface area contributed by atoms with E-state index in [9.17, 15) is 8.78 Å². The summed E-state index contributed by atoms with van der Waals surface area (Å²) in [5.74, 6) is -0.691. The van der Waals surface area contributed by atoms with Crippen LogP contribution in [-0.2, 0) is 0 Å². The van der Waals surface area contributed by atoms with E-state index in [1.165, 1.54) is 6.07 Å². The smallest absolute Gasteiger partial charge is 0.182 e. The second-order valence-electron chi connectivity index (χ2n) is 4.25. The molecule has 2 aromatic carbocycles. The van der Waals surface area contributed by atoms with E-state index in [1.807, 2.05) is 0 Å². The van der Waals surface area contributed by atoms with Gasteiger partial charge in [-0.05, 0) is 24.4 Å². The highest BCUT2D eigenvalue weighted by atomic mass is 32.1. The van der Waals surface area contributed by atoms with Gasteiger partial charge >= 0.3 is 0 Å². The van der Waals surface area contributed by atoms with Gasteiger partial charge in [-0.2, -0.15) is 0 Å². The van der Waals surface area contributed by atoms with Gasteiger partial charge in [0, 0.05) is 18.2 Å². The first-order valence-electron chi connectivity index (χ1n) is 5.84. The van der Waals surface area contributed by atoms with Crippen molar-refractivity contribution in [3.63, 3.8) is 0 Å². The molecular formula is C14H10F2N2OS. The van der Waals surface area contributed by atoms with Crippen molar-refractivity contribution in [2.24, 2.45) is 0 Å². The van der Waals surface area contributed by atoms with Gasteiger partial charge in [0.15, 0.2) is 10.6 Å². The quantitative estimate of drug-likeness (QED) is 0.724. The maximum atomic E-state index is 13.7. The lowest BCUT2D eigenvalue weighted by Crippen LogP contribution is -1.95. The van der Waals surface area contributed by atoms with Gasteiger partial charge in [0.2, 0.25) is 0 Å². The fourth-order valence-corrected chi connectivity index (χ4v) is 2.44. The molecule has 3 rings (SSSR count). The predicted octanol–water partition coefficient (Wildman–Crippen LogP) is 3.97. The Bertz CT molecular complexity index is 854. The van der Waals surface area contributed by atoms with Crippen LogP contribution in [0.5, 0.6) is 5.75 Å². The Hall–Kier alpha value is -2.21. The Kier molecular flexibility index (Phi) is 3.02. The number of aromatic amines is 1. The second-order valence-corrected chi connectivity index (χ2v) is 4.64. The maximum Gasteiger partial charge on any atom is 0.182 e. The minimum absolute atomic E-state index is 0.180. The van der Waals surface area contributed by atoms with E-state index >= 15 is 0 Å². The largest absolute Gasteiger partial charge is 0.497 e. The van der Waals surface area contributed by atoms with Crippen LogP contribution in [-0.4, -0.2) is 16.7 Å². The van der Waals surface area contributed by atoms with Gasteiger partial charge in [0.05, 0.1) is 18.3 Å². The second kappa shape index (κ2) is 4.72. The molecule has 0 fully saturated rings. The van der Waals surface area contributed by atoms with Gasteiger partial charge in [0.1, 0.15) is 17.1 Å². The van der Waals surface area contributed by atoms with Crippen molar-refractivity contribution in [1.82, 2.24) is 9.55 Å². The molecule has 0 saturated heterocycles. The Labute approximate surface area is 118 Å². The number of fused-ring (bicyclic) bond motifs is 1. The summed E-state index contributed by atoms with van der Waals surface area (Å²) in [6.07, 6.45) is 0. The predicted molar refractivity (Wildman–Crippen MR) is 74.9 cm³/mol. The van der Waals surface area contributed by atoms with Gasteiger partial charge in [-0.15, -0.1) is 0 Å². The fourth-order valence-electron chi connectivity index (χ4n) is 2.14. The van der Waals surface area contributed by atoms with Crippen molar-refractivity contribution >= 4 is 23.3 Å². The highest BCUT2D eigenvalue weighted by Gasteiger charge is 2.12. The third-order valence-corrected chi connectivity index (χ3v) is 3.31. The lowest BCUT2D eigenvalue weighted by molar-refractivity contribution is 0.414. The zero-order valence-corrected chi connectivity index (χ0v) is 11.3. The summed E-state index contributed by atoms with van der Waals surface area (Å²) in [6.45, 7) is 0. The van der Waals surface area contributed by atoms with Crippen molar-refractivity contribution in [1.29, 1.82) is 0 Å². The van der Waals surface area contributed by atoms with Crippen molar-refractivity contribution in [3.8, 4) is 11.4 Å². The highest BCUT2D eigenvalue weighted by molar-refractivity contribution is 7.71. The molecule has 0 atom stereocenters. The number of benzene rings is 2. The molecule has 0 aliphatic carbocycles. The Morgan fingerprint density at radius 1 is 1.20 bits per heavy atom. The molecule has 0 aliphatic rings. The van der Waals surface area contributed by atoms with Crippen LogP contribution < -0.4 is 4.74 Å². The number of aromatic nitrogens is 2. The minimum Gasteiger partial charge on any atom is -0.497 e. The van der Waals surface area contributed by atoms with E-state index in [2.05, 4.69) is 4.98 Å². The average Bonchev–Trinajstić information content (AvgIpc) is 2.75. The number of nitrogens with zero attached hydrogens (tertiary/aromatic N) is 1. The SMILES string of the molecule is COc1cccc(-n2c(=S)[nH]c3c(F)cc(F)cc32)c1. The zero-order valence-electron chi connectivity index (χ0n) is 10.5. The number of H-pyrrole nitrogens is 1. The number of hydrogen-bond donors (Lipinski definition) is 1. The van der Waals surface area contributed by atoms with E-state index in [0.717, 1.165) is 6.07 Å². The molecule has 0 bridgehead atoms. The third kappa shape index (κ3) is 1.98. The molecule has 0 unspecified atom stereocenters. The first-order valence-corrected chi connectivity index (χ1v) is 6.25. The molecule has 6 heteroatoms. The number of ether oxygens (including phenoxy) is 1. The van der Waals surface area contributed by atoms with Crippen molar-refractivity contribution < 1.29 is 13.5 Å². The molecule has 102 valence electrons. The summed E-state index contributed by atoms with van der Waals surface area (Å²) < 4.78 is 34.2. The zero-order chi connectivity index (χ0) is 14.3. The lowest BCUT2D eigenvalue weighted by atomic mass is 10.2. The van der Waals surface area contributed by atoms with Gasteiger partial charge in [-0.1, -0.05) is 6.07 Å². The third-order valence-electron chi connectivity index (χ3n) is 3.02. The molecular weight excluding hydrogens is 282 g/mol. The monoisotopic (exact) mass is 292 g/mol. The van der Waals surface area contributed by atoms with Crippen LogP contribution in [0.3, 0.4) is 0 Å². The van der Waals surface area contributed by atoms with E-state index in [-0.39, 0.29) is 10.3 Å². The molecule has 1 aromatic heterocycles. The van der Waals surface area contributed by atoms with Crippen LogP contribution in [0.2, 0.25) is 0 Å². The van der Waals surface area contributed by atoms with Crippen LogP contribution in [0.15, 0.2) is 36.4 Å². The average molecular weight is 292 g/mol. The Morgan fingerprint density at radius 3 is 2.75 bits per heavy atom. The minimum atomic E-state index is -0.673. The van der Waals surface area contributed by atoms with E-state index in [4.69, 9.17) is 17.0 Å². The van der Waals surface area contributed by atoms with Gasteiger partial charge in [-0.25, -0.2) is 8.78 Å². The molecule has 1 N–H and O–H groups in total. The molecule has 20 heavy (non-hydrogen) atoms. The molecule has 3 nitrogen and oxygen atoms in total. The van der Waals surface area contributed by atoms with Crippen LogP contribution in [0, 0.1) is 16.4 Å². The molecule has 0 saturated carbocycles. The van der Waals surface area contributed by atoms with E-state index < -0.39 is 11.6 Å². The lowest BCUT2D eigenvalue weighted by Gasteiger charge is -2.07. The van der Waals surface area contributed by atoms with Gasteiger partial charge in [-0.3, -0.25) is 4.57 Å². The van der Waals surface area contributed by atoms with Crippen LogP contribution >= 0.6 is 12.2 Å². The number of rotatable bonds is 2. The molecule has 0 radical (unpaired) electrons. The first-order chi connectivity index (χ1) is 9.60. The maximum absolute atomic E-state index is 13.7. The van der Waals surface area contributed by atoms with Crippen LogP contribution in [0.4, 0.5) is 8.78 Å². The number of halogens is 2. The molecule has 3 aromatic rings. The number of hydrogen-bond acceptors (Lipinski definition) is 2. The molecule has 1 heterocycles. The van der Waals surface area contributed by atoms with Gasteiger partial charge in [0.25, 0.3) is 0 Å². The normalized spacial score (nSPS) is 10.9. The summed E-state index contributed by atoms with van der Waals surface area (Å²) in [6, 6.07) is 9.15. The van der Waals surface area contributed by atoms with Crippen LogP contribution in [0.1, 0.15) is 0 Å². The van der Waals surface area contributed by atoms with Crippen molar-refractivity contribution in [3.05, 3.63) is 52.8 Å². The standard InChI is InChI=1S/C14H10F2N2OS/c1-19-10-4-2-3-9(7-10)18-12-6-8(15)5-11(16)13(12)17-14(18)20/h2-7H,1H3,(H,17,20). The Balaban J connectivity index is 2.35. The van der Waals surface area contributed by atoms with E-state index in [0.29, 0.717) is 17.0 Å². The molecule has 0 aliphatic heterocycles. The number of imidazole rings is 1. The summed E-state index contributed by atoms with van der Waals surface area (Å²) in [5, 5.41) is 0. The van der Waals surface area contributed by atoms with Crippen molar-refractivity contribution in [2.75, 3.05) is 7.11 Å².